The quantitative estimate of drug-likeness (QED) is 0.734. The fourth-order valence-electron chi connectivity index (χ4n) is 1.81. The van der Waals surface area contributed by atoms with E-state index in [1.54, 1.807) is 0 Å². The zero-order valence-corrected chi connectivity index (χ0v) is 9.23. The van der Waals surface area contributed by atoms with E-state index < -0.39 is 5.97 Å². The van der Waals surface area contributed by atoms with Crippen molar-refractivity contribution in [1.82, 2.24) is 4.90 Å². The van der Waals surface area contributed by atoms with Gasteiger partial charge in [-0.25, -0.2) is 0 Å². The van der Waals surface area contributed by atoms with Crippen LogP contribution in [0.1, 0.15) is 17.5 Å². The fourth-order valence-corrected chi connectivity index (χ4v) is 1.81. The van der Waals surface area contributed by atoms with Gasteiger partial charge < -0.3 is 14.6 Å². The maximum absolute atomic E-state index is 10.4. The minimum Gasteiger partial charge on any atom is -0.550 e. The van der Waals surface area contributed by atoms with Crippen molar-refractivity contribution in [3.63, 3.8) is 0 Å². The standard InChI is InChI=1S/C12H15NO3/c1-9-2-3-11-10(6-9)7-13(8-16-11)5-4-12(14)15/h2-3,6H,4-5,7-8H2,1H3,(H,14,15)/p-1. The SMILES string of the molecule is Cc1ccc2c(c1)CN(CCC(=O)[O-])CO2. The minimum absolute atomic E-state index is 0.0461. The largest absolute Gasteiger partial charge is 0.550 e. The lowest BCUT2D eigenvalue weighted by atomic mass is 10.1. The first kappa shape index (κ1) is 11.0. The molecule has 1 aromatic rings. The summed E-state index contributed by atoms with van der Waals surface area (Å²) in [5, 5.41) is 10.4. The van der Waals surface area contributed by atoms with Crippen LogP contribution in [0.25, 0.3) is 0 Å². The van der Waals surface area contributed by atoms with Gasteiger partial charge in [-0.3, -0.25) is 4.90 Å². The molecule has 0 N–H and O–H groups in total. The smallest absolute Gasteiger partial charge is 0.142 e. The number of benzene rings is 1. The number of ether oxygens (including phenoxy) is 1. The van der Waals surface area contributed by atoms with Gasteiger partial charge in [0.1, 0.15) is 12.5 Å². The Hall–Kier alpha value is -1.55. The van der Waals surface area contributed by atoms with E-state index in [2.05, 4.69) is 6.07 Å². The Kier molecular flexibility index (Phi) is 3.10. The molecule has 4 nitrogen and oxygen atoms in total. The first-order chi connectivity index (χ1) is 7.65. The lowest BCUT2D eigenvalue weighted by Crippen LogP contribution is -2.35. The third-order valence-corrected chi connectivity index (χ3v) is 2.64. The van der Waals surface area contributed by atoms with Gasteiger partial charge in [-0.05, 0) is 19.4 Å². The second kappa shape index (κ2) is 4.53. The molecule has 1 aliphatic rings. The first-order valence-electron chi connectivity index (χ1n) is 5.29. The molecule has 1 aromatic carbocycles. The molecule has 4 heteroatoms. The van der Waals surface area contributed by atoms with Crippen molar-refractivity contribution in [2.24, 2.45) is 0 Å². The van der Waals surface area contributed by atoms with Crippen molar-refractivity contribution in [2.75, 3.05) is 13.3 Å². The predicted molar refractivity (Wildman–Crippen MR) is 56.7 cm³/mol. The van der Waals surface area contributed by atoms with Crippen LogP contribution in [-0.4, -0.2) is 24.1 Å². The van der Waals surface area contributed by atoms with Gasteiger partial charge in [0.25, 0.3) is 0 Å². The summed E-state index contributed by atoms with van der Waals surface area (Å²) >= 11 is 0. The topological polar surface area (TPSA) is 52.6 Å². The molecule has 1 heterocycles. The minimum atomic E-state index is -1.02. The number of carbonyl (C=O) groups is 1. The van der Waals surface area contributed by atoms with Gasteiger partial charge >= 0.3 is 0 Å². The number of aryl methyl sites for hydroxylation is 1. The molecule has 1 aliphatic heterocycles. The van der Waals surface area contributed by atoms with Crippen LogP contribution in [0, 0.1) is 6.92 Å². The summed E-state index contributed by atoms with van der Waals surface area (Å²) < 4.78 is 5.54. The second-order valence-electron chi connectivity index (χ2n) is 4.06. The van der Waals surface area contributed by atoms with Gasteiger partial charge in [-0.2, -0.15) is 0 Å². The molecule has 0 spiro atoms. The van der Waals surface area contributed by atoms with Gasteiger partial charge in [-0.1, -0.05) is 17.7 Å². The Morgan fingerprint density at radius 1 is 1.56 bits per heavy atom. The van der Waals surface area contributed by atoms with E-state index in [-0.39, 0.29) is 6.42 Å². The molecular weight excluding hydrogens is 206 g/mol. The highest BCUT2D eigenvalue weighted by Gasteiger charge is 2.16. The number of hydrogen-bond donors (Lipinski definition) is 0. The van der Waals surface area contributed by atoms with Gasteiger partial charge in [0.15, 0.2) is 0 Å². The molecule has 0 unspecified atom stereocenters. The number of carbonyl (C=O) groups excluding carboxylic acids is 1. The molecule has 0 saturated carbocycles. The Morgan fingerprint density at radius 2 is 2.38 bits per heavy atom. The van der Waals surface area contributed by atoms with Crippen LogP contribution in [-0.2, 0) is 11.3 Å². The van der Waals surface area contributed by atoms with Crippen LogP contribution >= 0.6 is 0 Å². The molecule has 0 fully saturated rings. The highest BCUT2D eigenvalue weighted by Crippen LogP contribution is 2.25. The molecule has 0 atom stereocenters. The lowest BCUT2D eigenvalue weighted by Gasteiger charge is -2.29. The molecule has 2 rings (SSSR count). The highest BCUT2D eigenvalue weighted by molar-refractivity contribution is 5.64. The van der Waals surface area contributed by atoms with Gasteiger partial charge in [0.05, 0.1) is 0 Å². The Labute approximate surface area is 94.4 Å². The summed E-state index contributed by atoms with van der Waals surface area (Å²) in [6.45, 7) is 3.68. The Balaban J connectivity index is 2.02. The molecule has 0 aliphatic carbocycles. The van der Waals surface area contributed by atoms with E-state index in [1.165, 1.54) is 5.56 Å². The van der Waals surface area contributed by atoms with E-state index in [9.17, 15) is 9.90 Å². The van der Waals surface area contributed by atoms with Gasteiger partial charge in [0.2, 0.25) is 0 Å². The maximum Gasteiger partial charge on any atom is 0.142 e. The monoisotopic (exact) mass is 220 g/mol. The van der Waals surface area contributed by atoms with Gasteiger partial charge in [0, 0.05) is 24.6 Å². The molecule has 16 heavy (non-hydrogen) atoms. The van der Waals surface area contributed by atoms with Crippen molar-refractivity contribution >= 4 is 5.97 Å². The number of carboxylic acid groups (broad SMARTS) is 1. The van der Waals surface area contributed by atoms with Gasteiger partial charge in [-0.15, -0.1) is 0 Å². The van der Waals surface area contributed by atoms with Crippen LogP contribution in [0.15, 0.2) is 18.2 Å². The zero-order chi connectivity index (χ0) is 11.5. The second-order valence-corrected chi connectivity index (χ2v) is 4.06. The van der Waals surface area contributed by atoms with Crippen molar-refractivity contribution < 1.29 is 14.6 Å². The van der Waals surface area contributed by atoms with Crippen molar-refractivity contribution in [2.45, 2.75) is 19.9 Å². The summed E-state index contributed by atoms with van der Waals surface area (Å²) in [6.07, 6.45) is 0.0461. The average Bonchev–Trinajstić information content (AvgIpc) is 2.25. The third kappa shape index (κ3) is 2.52. The Bertz CT molecular complexity index is 403. The van der Waals surface area contributed by atoms with Crippen LogP contribution in [0.3, 0.4) is 0 Å². The molecule has 86 valence electrons. The van der Waals surface area contributed by atoms with Crippen LogP contribution in [0.5, 0.6) is 5.75 Å². The van der Waals surface area contributed by atoms with E-state index in [0.717, 1.165) is 17.9 Å². The molecule has 0 aromatic heterocycles. The number of hydrogen-bond acceptors (Lipinski definition) is 4. The maximum atomic E-state index is 10.4. The summed E-state index contributed by atoms with van der Waals surface area (Å²) in [7, 11) is 0. The molecule has 0 radical (unpaired) electrons. The number of carboxylic acids is 1. The van der Waals surface area contributed by atoms with Crippen LogP contribution < -0.4 is 9.84 Å². The highest BCUT2D eigenvalue weighted by atomic mass is 16.5. The van der Waals surface area contributed by atoms with E-state index in [4.69, 9.17) is 4.74 Å². The lowest BCUT2D eigenvalue weighted by molar-refractivity contribution is -0.306. The number of aliphatic carboxylic acids is 1. The molecule has 0 bridgehead atoms. The van der Waals surface area contributed by atoms with E-state index >= 15 is 0 Å². The summed E-state index contributed by atoms with van der Waals surface area (Å²) in [4.78, 5) is 12.3. The fraction of sp³-hybridized carbons (Fsp3) is 0.417. The predicted octanol–water partition coefficient (Wildman–Crippen LogP) is 0.287. The van der Waals surface area contributed by atoms with Crippen molar-refractivity contribution in [1.29, 1.82) is 0 Å². The van der Waals surface area contributed by atoms with Crippen molar-refractivity contribution in [3.8, 4) is 5.75 Å². The number of fused-ring (bicyclic) bond motifs is 1. The Morgan fingerprint density at radius 3 is 3.12 bits per heavy atom. The van der Waals surface area contributed by atoms with E-state index in [0.29, 0.717) is 13.3 Å². The summed E-state index contributed by atoms with van der Waals surface area (Å²) in [5.74, 6) is -0.120. The first-order valence-corrected chi connectivity index (χ1v) is 5.29. The molecule has 0 saturated heterocycles. The van der Waals surface area contributed by atoms with Crippen LogP contribution in [0.4, 0.5) is 0 Å². The zero-order valence-electron chi connectivity index (χ0n) is 9.23. The molecule has 0 amide bonds. The number of nitrogens with zero attached hydrogens (tertiary/aromatic N) is 1. The molecular formula is C12H14NO3-. The van der Waals surface area contributed by atoms with Crippen LogP contribution in [0.2, 0.25) is 0 Å². The normalized spacial score (nSPS) is 15.3. The summed E-state index contributed by atoms with van der Waals surface area (Å²) in [6, 6.07) is 6.04. The average molecular weight is 220 g/mol. The van der Waals surface area contributed by atoms with E-state index in [1.807, 2.05) is 24.0 Å². The van der Waals surface area contributed by atoms with Crippen molar-refractivity contribution in [3.05, 3.63) is 29.3 Å². The summed E-state index contributed by atoms with van der Waals surface area (Å²) in [5.41, 5.74) is 2.30. The third-order valence-electron chi connectivity index (χ3n) is 2.64. The number of rotatable bonds is 3.